The Balaban J connectivity index is 1.76. The zero-order valence-corrected chi connectivity index (χ0v) is 17.1. The summed E-state index contributed by atoms with van der Waals surface area (Å²) in [4.78, 5) is 25.9. The maximum absolute atomic E-state index is 13.0. The first-order chi connectivity index (χ1) is 14.2. The van der Waals surface area contributed by atoms with Crippen LogP contribution in [0.2, 0.25) is 0 Å². The summed E-state index contributed by atoms with van der Waals surface area (Å²) in [6.07, 6.45) is -3.49. The molecule has 0 aliphatic carbocycles. The fraction of sp³-hybridized carbons (Fsp3) is 0.450. The number of hydrogen-bond acceptors (Lipinski definition) is 3. The molecule has 1 N–H and O–H groups in total. The van der Waals surface area contributed by atoms with Crippen molar-refractivity contribution in [2.45, 2.75) is 24.4 Å². The quantitative estimate of drug-likeness (QED) is 0.724. The number of amides is 2. The minimum atomic E-state index is -4.58. The van der Waals surface area contributed by atoms with Gasteiger partial charge in [0, 0.05) is 38.2 Å². The highest BCUT2D eigenvalue weighted by Gasteiger charge is 2.40. The van der Waals surface area contributed by atoms with E-state index in [1.165, 1.54) is 4.90 Å². The molecule has 10 heteroatoms. The van der Waals surface area contributed by atoms with Gasteiger partial charge in [0.25, 0.3) is 5.91 Å². The molecule has 0 atom stereocenters. The van der Waals surface area contributed by atoms with Gasteiger partial charge < -0.3 is 10.2 Å². The van der Waals surface area contributed by atoms with E-state index < -0.39 is 17.8 Å². The molecule has 0 spiro atoms. The van der Waals surface area contributed by atoms with Crippen LogP contribution in [0.25, 0.3) is 0 Å². The number of rotatable bonds is 5. The summed E-state index contributed by atoms with van der Waals surface area (Å²) in [6.45, 7) is 1.04. The largest absolute Gasteiger partial charge is 0.433 e. The lowest BCUT2D eigenvalue weighted by Crippen LogP contribution is -2.50. The van der Waals surface area contributed by atoms with Crippen molar-refractivity contribution >= 4 is 23.4 Å². The Morgan fingerprint density at radius 1 is 1.20 bits per heavy atom. The number of carbonyl (C=O) groups is 2. The van der Waals surface area contributed by atoms with Crippen LogP contribution in [-0.4, -0.2) is 52.0 Å². The van der Waals surface area contributed by atoms with E-state index in [1.807, 2.05) is 30.3 Å². The number of alkyl halides is 4. The number of benzene rings is 1. The summed E-state index contributed by atoms with van der Waals surface area (Å²) in [5.74, 6) is -0.956. The second-order valence-electron chi connectivity index (χ2n) is 7.39. The van der Waals surface area contributed by atoms with Gasteiger partial charge in [-0.1, -0.05) is 30.3 Å². The summed E-state index contributed by atoms with van der Waals surface area (Å²) < 4.78 is 39.7. The molecule has 2 amide bonds. The minimum Gasteiger partial charge on any atom is -0.354 e. The standard InChI is InChI=1S/C20H22ClF3N4O2/c1-27-16(20(22,23)24)11-15(26-27)18(30)28-9-7-19(8-10-28,13-25-17(29)12-21)14-5-3-2-4-6-14/h2-6,11H,7-10,12-13H2,1H3,(H,25,29). The third-order valence-electron chi connectivity index (χ3n) is 5.53. The summed E-state index contributed by atoms with van der Waals surface area (Å²) in [5, 5.41) is 6.58. The first-order valence-corrected chi connectivity index (χ1v) is 9.98. The van der Waals surface area contributed by atoms with Crippen molar-refractivity contribution in [1.82, 2.24) is 20.0 Å². The zero-order valence-electron chi connectivity index (χ0n) is 16.4. The number of nitrogens with one attached hydrogen (secondary N) is 1. The van der Waals surface area contributed by atoms with E-state index in [4.69, 9.17) is 11.6 Å². The summed E-state index contributed by atoms with van der Waals surface area (Å²) >= 11 is 5.59. The van der Waals surface area contributed by atoms with Crippen molar-refractivity contribution in [2.75, 3.05) is 25.5 Å². The highest BCUT2D eigenvalue weighted by molar-refractivity contribution is 6.27. The van der Waals surface area contributed by atoms with E-state index >= 15 is 0 Å². The molecule has 1 aromatic heterocycles. The Morgan fingerprint density at radius 2 is 1.83 bits per heavy atom. The lowest BCUT2D eigenvalue weighted by atomic mass is 9.72. The first-order valence-electron chi connectivity index (χ1n) is 9.45. The van der Waals surface area contributed by atoms with Crippen molar-refractivity contribution < 1.29 is 22.8 Å². The van der Waals surface area contributed by atoms with Crippen LogP contribution >= 0.6 is 11.6 Å². The van der Waals surface area contributed by atoms with E-state index in [0.29, 0.717) is 37.2 Å². The summed E-state index contributed by atoms with van der Waals surface area (Å²) in [6, 6.07) is 10.4. The van der Waals surface area contributed by atoms with Crippen LogP contribution in [0.4, 0.5) is 13.2 Å². The highest BCUT2D eigenvalue weighted by atomic mass is 35.5. The molecule has 1 fully saturated rings. The second kappa shape index (κ2) is 8.67. The lowest BCUT2D eigenvalue weighted by Gasteiger charge is -2.42. The maximum atomic E-state index is 13.0. The predicted molar refractivity (Wildman–Crippen MR) is 105 cm³/mol. The number of halogens is 4. The molecule has 30 heavy (non-hydrogen) atoms. The van der Waals surface area contributed by atoms with Crippen LogP contribution in [0.5, 0.6) is 0 Å². The smallest absolute Gasteiger partial charge is 0.354 e. The van der Waals surface area contributed by atoms with Gasteiger partial charge in [-0.15, -0.1) is 11.6 Å². The van der Waals surface area contributed by atoms with E-state index in [-0.39, 0.29) is 22.9 Å². The molecule has 0 bridgehead atoms. The number of carbonyl (C=O) groups excluding carboxylic acids is 2. The van der Waals surface area contributed by atoms with Gasteiger partial charge in [-0.05, 0) is 18.4 Å². The monoisotopic (exact) mass is 442 g/mol. The summed E-state index contributed by atoms with van der Waals surface area (Å²) in [7, 11) is 1.16. The number of piperidine rings is 1. The van der Waals surface area contributed by atoms with Gasteiger partial charge in [0.1, 0.15) is 11.6 Å². The topological polar surface area (TPSA) is 67.2 Å². The number of nitrogens with zero attached hydrogens (tertiary/aromatic N) is 3. The predicted octanol–water partition coefficient (Wildman–Crippen LogP) is 2.97. The van der Waals surface area contributed by atoms with Crippen molar-refractivity contribution in [2.24, 2.45) is 7.05 Å². The van der Waals surface area contributed by atoms with Crippen molar-refractivity contribution in [3.05, 3.63) is 53.3 Å². The number of aryl methyl sites for hydroxylation is 1. The maximum Gasteiger partial charge on any atom is 0.433 e. The second-order valence-corrected chi connectivity index (χ2v) is 7.65. The number of hydrogen-bond donors (Lipinski definition) is 1. The minimum absolute atomic E-state index is 0.142. The molecule has 1 aliphatic heterocycles. The third kappa shape index (κ3) is 4.61. The highest BCUT2D eigenvalue weighted by Crippen LogP contribution is 2.36. The van der Waals surface area contributed by atoms with Gasteiger partial charge in [-0.3, -0.25) is 14.3 Å². The molecule has 2 aromatic rings. The SMILES string of the molecule is Cn1nc(C(=O)N2CCC(CNC(=O)CCl)(c3ccccc3)CC2)cc1C(F)(F)F. The molecule has 6 nitrogen and oxygen atoms in total. The van der Waals surface area contributed by atoms with E-state index in [1.54, 1.807) is 0 Å². The molecule has 2 heterocycles. The molecule has 1 aliphatic rings. The fourth-order valence-corrected chi connectivity index (χ4v) is 3.91. The van der Waals surface area contributed by atoms with Gasteiger partial charge in [0.15, 0.2) is 5.69 Å². The Morgan fingerprint density at radius 3 is 2.37 bits per heavy atom. The van der Waals surface area contributed by atoms with Gasteiger partial charge in [-0.2, -0.15) is 18.3 Å². The Bertz CT molecular complexity index is 907. The van der Waals surface area contributed by atoms with Gasteiger partial charge in [0.05, 0.1) is 0 Å². The van der Waals surface area contributed by atoms with Crippen molar-refractivity contribution in [3.8, 4) is 0 Å². The van der Waals surface area contributed by atoms with Crippen LogP contribution < -0.4 is 5.32 Å². The molecule has 3 rings (SSSR count). The van der Waals surface area contributed by atoms with Crippen molar-refractivity contribution in [3.63, 3.8) is 0 Å². The van der Waals surface area contributed by atoms with E-state index in [9.17, 15) is 22.8 Å². The van der Waals surface area contributed by atoms with Crippen molar-refractivity contribution in [1.29, 1.82) is 0 Å². The van der Waals surface area contributed by atoms with Crippen LogP contribution in [0, 0.1) is 0 Å². The molecule has 1 saturated heterocycles. The van der Waals surface area contributed by atoms with Crippen LogP contribution in [-0.2, 0) is 23.4 Å². The molecule has 0 unspecified atom stereocenters. The van der Waals surface area contributed by atoms with Crippen LogP contribution in [0.3, 0.4) is 0 Å². The molecule has 1 aromatic carbocycles. The van der Waals surface area contributed by atoms with Crippen LogP contribution in [0.1, 0.15) is 34.6 Å². The Labute approximate surface area is 177 Å². The molecular formula is C20H22ClF3N4O2. The Kier molecular flexibility index (Phi) is 6.40. The average molecular weight is 443 g/mol. The molecule has 162 valence electrons. The number of likely N-dealkylation sites (tertiary alicyclic amines) is 1. The van der Waals surface area contributed by atoms with Gasteiger partial charge in [0.2, 0.25) is 5.91 Å². The normalized spacial score (nSPS) is 16.4. The number of aromatic nitrogens is 2. The average Bonchev–Trinajstić information content (AvgIpc) is 3.14. The lowest BCUT2D eigenvalue weighted by molar-refractivity contribution is -0.143. The van der Waals surface area contributed by atoms with Crippen LogP contribution in [0.15, 0.2) is 36.4 Å². The Hall–Kier alpha value is -2.55. The van der Waals surface area contributed by atoms with E-state index in [2.05, 4.69) is 10.4 Å². The third-order valence-corrected chi connectivity index (χ3v) is 5.77. The van der Waals surface area contributed by atoms with E-state index in [0.717, 1.165) is 18.7 Å². The zero-order chi connectivity index (χ0) is 21.9. The molecule has 0 saturated carbocycles. The fourth-order valence-electron chi connectivity index (χ4n) is 3.81. The summed E-state index contributed by atoms with van der Waals surface area (Å²) in [5.41, 5.74) is -0.553. The van der Waals surface area contributed by atoms with Gasteiger partial charge >= 0.3 is 6.18 Å². The van der Waals surface area contributed by atoms with Gasteiger partial charge in [-0.25, -0.2) is 0 Å². The molecular weight excluding hydrogens is 421 g/mol. The first kappa shape index (κ1) is 22.1. The molecule has 0 radical (unpaired) electrons.